The van der Waals surface area contributed by atoms with E-state index in [1.807, 2.05) is 140 Å². The molecule has 0 aliphatic carbocycles. The molecule has 682 valence electrons. The molecule has 0 aliphatic heterocycles. The zero-order valence-corrected chi connectivity index (χ0v) is 77.0. The minimum absolute atomic E-state index is 0.0759. The molecule has 18 heteroatoms. The number of benzene rings is 8. The van der Waals surface area contributed by atoms with Crippen LogP contribution in [0.3, 0.4) is 0 Å². The number of esters is 1. The lowest BCUT2D eigenvalue weighted by atomic mass is 10.0. The van der Waals surface area contributed by atoms with E-state index in [4.69, 9.17) is 61.6 Å². The van der Waals surface area contributed by atoms with E-state index >= 15 is 0 Å². The number of carbonyl (C=O) groups is 3. The Kier molecular flexibility index (Phi) is 47.8. The van der Waals surface area contributed by atoms with Gasteiger partial charge >= 0.3 is 12.1 Å². The Morgan fingerprint density at radius 1 is 0.280 bits per heavy atom. The normalized spacial score (nSPS) is 11.7. The van der Waals surface area contributed by atoms with Gasteiger partial charge in [-0.05, 0) is 195 Å². The summed E-state index contributed by atoms with van der Waals surface area (Å²) in [5, 5.41) is 5.34. The van der Waals surface area contributed by atoms with Gasteiger partial charge < -0.3 is 72.2 Å². The molecule has 0 saturated carbocycles. The lowest BCUT2D eigenvalue weighted by Crippen LogP contribution is -2.52. The molecule has 0 aromatic heterocycles. The van der Waals surface area contributed by atoms with Crippen molar-refractivity contribution in [1.29, 1.82) is 0 Å². The van der Waals surface area contributed by atoms with E-state index < -0.39 is 35.7 Å². The number of amides is 2. The first-order valence-electron chi connectivity index (χ1n) is 47.2. The number of unbranched alkanes of at least 4 members (excludes halogenated alkanes) is 28. The molecule has 2 N–H and O–H groups in total. The maximum Gasteiger partial charge on any atom is 0.408 e. The molecule has 0 bridgehead atoms. The van der Waals surface area contributed by atoms with Crippen molar-refractivity contribution in [3.05, 3.63) is 220 Å². The van der Waals surface area contributed by atoms with E-state index in [-0.39, 0.29) is 39.5 Å². The number of alkyl carbamates (subject to hydrolysis) is 1. The largest absolute Gasteiger partial charge is 0.494 e. The first-order valence-corrected chi connectivity index (χ1v) is 47.2. The third-order valence-corrected chi connectivity index (χ3v) is 21.8. The van der Waals surface area contributed by atoms with E-state index in [0.29, 0.717) is 85.5 Å². The maximum absolute atomic E-state index is 13.7. The van der Waals surface area contributed by atoms with Crippen molar-refractivity contribution < 1.29 is 76.0 Å². The fourth-order valence-electron chi connectivity index (χ4n) is 14.4. The topological polar surface area (TPSA) is 195 Å². The Balaban J connectivity index is 1.01. The van der Waals surface area contributed by atoms with Gasteiger partial charge in [0, 0.05) is 12.5 Å². The minimum atomic E-state index is -1.09. The fourth-order valence-corrected chi connectivity index (χ4v) is 14.4. The van der Waals surface area contributed by atoms with Gasteiger partial charge in [-0.15, -0.1) is 0 Å². The predicted octanol–water partition coefficient (Wildman–Crippen LogP) is 26.9. The molecular formula is C107H148N2O16. The number of carbonyl (C=O) groups excluding carboxylic acids is 3. The second kappa shape index (κ2) is 59.6. The van der Waals surface area contributed by atoms with Gasteiger partial charge in [0.1, 0.15) is 104 Å². The average Bonchev–Trinajstić information content (AvgIpc) is 0.840. The van der Waals surface area contributed by atoms with E-state index in [1.165, 1.54) is 194 Å². The van der Waals surface area contributed by atoms with Crippen molar-refractivity contribution in [2.45, 2.75) is 331 Å². The summed E-state index contributed by atoms with van der Waals surface area (Å²) in [4.78, 5) is 39.1. The summed E-state index contributed by atoms with van der Waals surface area (Å²) in [7, 11) is 1.24. The van der Waals surface area contributed by atoms with Crippen LogP contribution in [0.15, 0.2) is 176 Å². The minimum Gasteiger partial charge on any atom is -0.494 e. The van der Waals surface area contributed by atoms with Crippen LogP contribution in [-0.2, 0) is 71.7 Å². The Morgan fingerprint density at radius 3 is 0.872 bits per heavy atom. The summed E-state index contributed by atoms with van der Waals surface area (Å²) in [5.74, 6) is 6.03. The highest BCUT2D eigenvalue weighted by Crippen LogP contribution is 2.36. The van der Waals surface area contributed by atoms with Crippen LogP contribution in [0.25, 0.3) is 0 Å². The lowest BCUT2D eigenvalue weighted by Gasteiger charge is -2.24. The van der Waals surface area contributed by atoms with E-state index in [2.05, 4.69) is 62.6 Å². The third kappa shape index (κ3) is 42.1. The van der Waals surface area contributed by atoms with Crippen LogP contribution in [0.4, 0.5) is 4.79 Å². The van der Waals surface area contributed by atoms with E-state index in [9.17, 15) is 14.4 Å². The summed E-state index contributed by atoms with van der Waals surface area (Å²) in [6.07, 6.45) is 39.1. The molecule has 2 atom stereocenters. The highest BCUT2D eigenvalue weighted by atomic mass is 16.6. The molecule has 125 heavy (non-hydrogen) atoms. The molecule has 8 rings (SSSR count). The fraction of sp³-hybridized carbons (Fsp3) is 0.523. The van der Waals surface area contributed by atoms with Crippen LogP contribution < -0.4 is 62.7 Å². The number of methoxy groups -OCH3 is 1. The Morgan fingerprint density at radius 2 is 0.552 bits per heavy atom. The quantitative estimate of drug-likeness (QED) is 0.0270. The van der Waals surface area contributed by atoms with Gasteiger partial charge in [-0.2, -0.15) is 0 Å². The van der Waals surface area contributed by atoms with Crippen LogP contribution in [0.2, 0.25) is 0 Å². The van der Waals surface area contributed by atoms with E-state index in [1.54, 1.807) is 32.9 Å². The Labute approximate surface area is 748 Å². The highest BCUT2D eigenvalue weighted by Gasteiger charge is 2.28. The third-order valence-electron chi connectivity index (χ3n) is 21.8. The molecule has 2 unspecified atom stereocenters. The molecule has 0 aliphatic rings. The van der Waals surface area contributed by atoms with Gasteiger partial charge in [0.05, 0.1) is 33.5 Å². The Hall–Kier alpha value is -10.2. The lowest BCUT2D eigenvalue weighted by molar-refractivity contribution is -0.144. The molecule has 0 heterocycles. The van der Waals surface area contributed by atoms with Crippen LogP contribution in [-0.4, -0.2) is 69.2 Å². The first kappa shape index (κ1) is 100. The van der Waals surface area contributed by atoms with Crippen LogP contribution >= 0.6 is 0 Å². The van der Waals surface area contributed by atoms with Crippen molar-refractivity contribution in [3.63, 3.8) is 0 Å². The number of nitrogens with one attached hydrogen (secondary N) is 2. The SMILES string of the molecule is CCCCCCCCCCOc1ccc(COc2ccc(COc3cc(COc4ccc(CC(NC(=O)OC(C)(C)C)C(=O)NC(C)C(=O)OC)cc4)cc(OCc4ccc(OCc5ccc(OCCCCCCCCCC)cc5)c(OCc5ccc(OCCCCCCCCCC)cc5)c4)c3)cc2OCc2ccc(OCCCCCCCCCC)cc2)cc1. The molecule has 0 spiro atoms. The van der Waals surface area contributed by atoms with Gasteiger partial charge in [-0.25, -0.2) is 9.59 Å². The molecule has 8 aromatic carbocycles. The molecule has 18 nitrogen and oxygen atoms in total. The zero-order valence-electron chi connectivity index (χ0n) is 77.0. The first-order chi connectivity index (χ1) is 61.0. The molecule has 8 aromatic rings. The molecule has 0 radical (unpaired) electrons. The molecular weight excluding hydrogens is 1570 g/mol. The molecule has 0 fully saturated rings. The highest BCUT2D eigenvalue weighted by molar-refractivity contribution is 5.89. The van der Waals surface area contributed by atoms with Crippen molar-refractivity contribution in [3.8, 4) is 63.2 Å². The van der Waals surface area contributed by atoms with Crippen molar-refractivity contribution >= 4 is 18.0 Å². The summed E-state index contributed by atoms with van der Waals surface area (Å²) < 4.78 is 81.7. The van der Waals surface area contributed by atoms with Crippen molar-refractivity contribution in [1.82, 2.24) is 10.6 Å². The van der Waals surface area contributed by atoms with Gasteiger partial charge in [0.2, 0.25) is 5.91 Å². The summed E-state index contributed by atoms with van der Waals surface area (Å²) in [6, 6.07) is 55.2. The predicted molar refractivity (Wildman–Crippen MR) is 501 cm³/mol. The van der Waals surface area contributed by atoms with E-state index in [0.717, 1.165) is 87.6 Å². The van der Waals surface area contributed by atoms with Gasteiger partial charge in [-0.1, -0.05) is 280 Å². The summed E-state index contributed by atoms with van der Waals surface area (Å²) in [5.41, 5.74) is 6.25. The maximum atomic E-state index is 13.7. The standard InChI is InChI=1S/C107H148N2O16/c1-10-14-18-22-26-30-34-38-66-114-92-56-44-85(45-57-92)76-121-100-64-52-89(73-102(100)123-78-87-48-60-94(61-49-87)116-68-40-36-32-28-24-20-16-12-3)80-119-97-70-91(82-118-96-54-42-84(43-55-96)72-99(109-106(112)125-107(6,7)8)104(110)108-83(5)105(111)113-9)71-98(75-97)120-81-90-53-65-101(122-77-86-46-58-93(59-47-86)115-67-39-35-31-27-23-19-15-11-2)103(74-90)124-79-88-50-62-95(63-51-88)117-69-41-37-33-29-25-21-17-13-4/h42-65,70-71,73-75,83,99H,10-41,66-69,72,76-82H2,1-9H3,(H,108,110)(H,109,112). The number of hydrogen-bond acceptors (Lipinski definition) is 16. The average molecular weight is 1720 g/mol. The van der Waals surface area contributed by atoms with Gasteiger partial charge in [0.15, 0.2) is 23.0 Å². The summed E-state index contributed by atoms with van der Waals surface area (Å²) >= 11 is 0. The zero-order chi connectivity index (χ0) is 88.6. The van der Waals surface area contributed by atoms with Crippen LogP contribution in [0, 0.1) is 0 Å². The molecule has 0 saturated heterocycles. The van der Waals surface area contributed by atoms with Gasteiger partial charge in [-0.3, -0.25) is 4.79 Å². The monoisotopic (exact) mass is 1720 g/mol. The number of rotatable bonds is 67. The van der Waals surface area contributed by atoms with Crippen LogP contribution in [0.5, 0.6) is 63.2 Å². The van der Waals surface area contributed by atoms with Crippen LogP contribution in [0.1, 0.15) is 305 Å². The summed E-state index contributed by atoms with van der Waals surface area (Å²) in [6.45, 7) is 20.1. The van der Waals surface area contributed by atoms with Crippen molar-refractivity contribution in [2.75, 3.05) is 33.5 Å². The second-order valence-electron chi connectivity index (χ2n) is 34.1. The second-order valence-corrected chi connectivity index (χ2v) is 34.1. The molecule has 2 amide bonds. The Bertz CT molecular complexity index is 4030. The number of ether oxygens (including phenoxy) is 13. The number of hydrogen-bond donors (Lipinski definition) is 2. The smallest absolute Gasteiger partial charge is 0.408 e. The van der Waals surface area contributed by atoms with Gasteiger partial charge in [0.25, 0.3) is 0 Å². The van der Waals surface area contributed by atoms with Crippen molar-refractivity contribution in [2.24, 2.45) is 0 Å².